The van der Waals surface area contributed by atoms with Crippen LogP contribution < -0.4 is 10.2 Å². The van der Waals surface area contributed by atoms with Crippen molar-refractivity contribution in [3.05, 3.63) is 125 Å². The molecule has 5 aromatic rings. The highest BCUT2D eigenvalue weighted by atomic mass is 19.1. The number of aromatic hydroxyl groups is 1. The molecule has 4 aromatic carbocycles. The Labute approximate surface area is 273 Å². The first kappa shape index (κ1) is 31.7. The van der Waals surface area contributed by atoms with E-state index in [1.54, 1.807) is 30.1 Å². The van der Waals surface area contributed by atoms with Crippen molar-refractivity contribution < 1.29 is 19.1 Å². The van der Waals surface area contributed by atoms with E-state index in [2.05, 4.69) is 27.1 Å². The van der Waals surface area contributed by atoms with E-state index >= 15 is 0 Å². The lowest BCUT2D eigenvalue weighted by molar-refractivity contribution is -0.119. The number of amides is 2. The summed E-state index contributed by atoms with van der Waals surface area (Å²) in [4.78, 5) is 39.7. The van der Waals surface area contributed by atoms with Gasteiger partial charge in [0.2, 0.25) is 5.91 Å². The minimum Gasteiger partial charge on any atom is -0.494 e. The third kappa shape index (κ3) is 7.40. The van der Waals surface area contributed by atoms with E-state index in [9.17, 15) is 19.1 Å². The van der Waals surface area contributed by atoms with Crippen LogP contribution in [0.15, 0.2) is 102 Å². The first-order valence-corrected chi connectivity index (χ1v) is 15.5. The summed E-state index contributed by atoms with van der Waals surface area (Å²) in [6, 6.07) is 28.2. The van der Waals surface area contributed by atoms with Crippen molar-refractivity contribution in [2.75, 3.05) is 51.7 Å². The van der Waals surface area contributed by atoms with Gasteiger partial charge in [0.15, 0.2) is 5.88 Å². The lowest BCUT2D eigenvalue weighted by atomic mass is 9.99. The third-order valence-corrected chi connectivity index (χ3v) is 8.47. The van der Waals surface area contributed by atoms with Crippen LogP contribution in [-0.2, 0) is 11.3 Å². The number of rotatable bonds is 9. The van der Waals surface area contributed by atoms with Gasteiger partial charge < -0.3 is 25.2 Å². The summed E-state index contributed by atoms with van der Waals surface area (Å²) in [7, 11) is 3.86. The maximum atomic E-state index is 14.1. The van der Waals surface area contributed by atoms with Gasteiger partial charge in [0, 0.05) is 62.0 Å². The van der Waals surface area contributed by atoms with Crippen LogP contribution in [0.1, 0.15) is 27.0 Å². The Balaban J connectivity index is 1.29. The lowest BCUT2D eigenvalue weighted by Crippen LogP contribution is -2.48. The molecule has 0 radical (unpaired) electrons. The van der Waals surface area contributed by atoms with Crippen LogP contribution in [0.25, 0.3) is 10.9 Å². The summed E-state index contributed by atoms with van der Waals surface area (Å²) < 4.78 is 14.1. The van der Waals surface area contributed by atoms with Gasteiger partial charge in [-0.05, 0) is 73.3 Å². The molecular formula is C37H37FN6O3. The van der Waals surface area contributed by atoms with Crippen LogP contribution in [0, 0.1) is 5.82 Å². The number of aromatic nitrogens is 1. The van der Waals surface area contributed by atoms with Gasteiger partial charge in [-0.1, -0.05) is 36.4 Å². The summed E-state index contributed by atoms with van der Waals surface area (Å²) in [5, 5.41) is 14.6. The van der Waals surface area contributed by atoms with Crippen LogP contribution in [-0.4, -0.2) is 84.2 Å². The number of likely N-dealkylation sites (N-methyl/N-ethyl adjacent to an activating group) is 2. The number of carbonyl (C=O) groups is 2. The standard InChI is InChI=1S/C37H37FN6O3/c1-42-17-19-44(20-18-42)24-33(45)43(2)30-14-12-29(13-15-30)40-35(34-31-16-11-28(38)22-32(31)41-37(34)47)27-10-6-7-25(21-27)23-39-36(46)26-8-4-3-5-9-26/h3-16,21-22,41,47H,17-20,23-24H2,1-2H3,(H,39,46). The molecule has 0 atom stereocenters. The number of nitrogens with one attached hydrogen (secondary N) is 2. The number of aliphatic imine (C=N–C) groups is 1. The zero-order chi connectivity index (χ0) is 32.9. The van der Waals surface area contributed by atoms with Crippen molar-refractivity contribution in [3.63, 3.8) is 0 Å². The largest absolute Gasteiger partial charge is 0.494 e. The molecule has 6 rings (SSSR count). The quantitative estimate of drug-likeness (QED) is 0.191. The second-order valence-electron chi connectivity index (χ2n) is 11.8. The van der Waals surface area contributed by atoms with E-state index in [4.69, 9.17) is 4.99 Å². The number of H-pyrrole nitrogens is 1. The molecule has 240 valence electrons. The molecule has 1 saturated heterocycles. The van der Waals surface area contributed by atoms with Crippen LogP contribution in [0.5, 0.6) is 5.88 Å². The number of carbonyl (C=O) groups excluding carboxylic acids is 2. The summed E-state index contributed by atoms with van der Waals surface area (Å²) in [6.07, 6.45) is 0. The normalized spacial score (nSPS) is 14.3. The monoisotopic (exact) mass is 632 g/mol. The molecule has 0 spiro atoms. The molecule has 0 unspecified atom stereocenters. The van der Waals surface area contributed by atoms with Gasteiger partial charge in [0.1, 0.15) is 5.82 Å². The molecule has 2 amide bonds. The van der Waals surface area contributed by atoms with Crippen molar-refractivity contribution in [1.29, 1.82) is 0 Å². The number of aromatic amines is 1. The Morgan fingerprint density at radius 2 is 1.64 bits per heavy atom. The van der Waals surface area contributed by atoms with Gasteiger partial charge in [-0.2, -0.15) is 0 Å². The molecule has 0 aliphatic carbocycles. The van der Waals surface area contributed by atoms with Crippen molar-refractivity contribution in [1.82, 2.24) is 20.1 Å². The molecule has 9 nitrogen and oxygen atoms in total. The smallest absolute Gasteiger partial charge is 0.251 e. The summed E-state index contributed by atoms with van der Waals surface area (Å²) >= 11 is 0. The molecule has 1 fully saturated rings. The van der Waals surface area contributed by atoms with Gasteiger partial charge >= 0.3 is 0 Å². The van der Waals surface area contributed by atoms with Crippen LogP contribution in [0.4, 0.5) is 15.8 Å². The fraction of sp³-hybridized carbons (Fsp3) is 0.216. The van der Waals surface area contributed by atoms with Gasteiger partial charge in [-0.15, -0.1) is 0 Å². The minimum atomic E-state index is -0.429. The van der Waals surface area contributed by atoms with E-state index in [1.807, 2.05) is 66.7 Å². The highest BCUT2D eigenvalue weighted by molar-refractivity contribution is 6.22. The Morgan fingerprint density at radius 3 is 2.38 bits per heavy atom. The van der Waals surface area contributed by atoms with Crippen LogP contribution in [0.3, 0.4) is 0 Å². The molecule has 2 heterocycles. The molecule has 1 aromatic heterocycles. The van der Waals surface area contributed by atoms with E-state index < -0.39 is 5.82 Å². The average molecular weight is 633 g/mol. The van der Waals surface area contributed by atoms with Gasteiger partial charge in [0.25, 0.3) is 5.91 Å². The van der Waals surface area contributed by atoms with Gasteiger partial charge in [-0.25, -0.2) is 9.38 Å². The SMILES string of the molecule is CN1CCN(CC(=O)N(C)c2ccc(N=C(c3cccc(CNC(=O)c4ccccc4)c3)c3c(O)[nH]c4cc(F)ccc34)cc2)CC1. The number of anilines is 1. The highest BCUT2D eigenvalue weighted by Gasteiger charge is 2.21. The molecular weight excluding hydrogens is 595 g/mol. The van der Waals surface area contributed by atoms with Gasteiger partial charge in [0.05, 0.1) is 29.0 Å². The summed E-state index contributed by atoms with van der Waals surface area (Å²) in [6.45, 7) is 4.25. The molecule has 0 saturated carbocycles. The van der Waals surface area contributed by atoms with Crippen molar-refractivity contribution in [2.45, 2.75) is 6.54 Å². The van der Waals surface area contributed by atoms with Gasteiger partial charge in [-0.3, -0.25) is 14.5 Å². The number of halogens is 1. The number of fused-ring (bicyclic) bond motifs is 1. The number of hydrogen-bond acceptors (Lipinski definition) is 6. The zero-order valence-electron chi connectivity index (χ0n) is 26.4. The average Bonchev–Trinajstić information content (AvgIpc) is 3.41. The zero-order valence-corrected chi connectivity index (χ0v) is 26.4. The lowest BCUT2D eigenvalue weighted by Gasteiger charge is -2.32. The van der Waals surface area contributed by atoms with E-state index in [0.717, 1.165) is 37.4 Å². The third-order valence-electron chi connectivity index (χ3n) is 8.47. The molecule has 10 heteroatoms. The second-order valence-corrected chi connectivity index (χ2v) is 11.8. The first-order valence-electron chi connectivity index (χ1n) is 15.5. The fourth-order valence-electron chi connectivity index (χ4n) is 5.69. The topological polar surface area (TPSA) is 104 Å². The van der Waals surface area contributed by atoms with Crippen LogP contribution in [0.2, 0.25) is 0 Å². The predicted molar refractivity (Wildman–Crippen MR) is 183 cm³/mol. The molecule has 1 aliphatic heterocycles. The Kier molecular flexibility index (Phi) is 9.42. The highest BCUT2D eigenvalue weighted by Crippen LogP contribution is 2.32. The molecule has 3 N–H and O–H groups in total. The number of piperazine rings is 1. The Bertz CT molecular complexity index is 1910. The van der Waals surface area contributed by atoms with Crippen LogP contribution >= 0.6 is 0 Å². The van der Waals surface area contributed by atoms with Crippen molar-refractivity contribution in [3.8, 4) is 5.88 Å². The molecule has 47 heavy (non-hydrogen) atoms. The van der Waals surface area contributed by atoms with E-state index in [1.165, 1.54) is 12.1 Å². The summed E-state index contributed by atoms with van der Waals surface area (Å²) in [5.74, 6) is -0.744. The second kappa shape index (κ2) is 14.0. The Hall–Kier alpha value is -5.32. The fourth-order valence-corrected chi connectivity index (χ4v) is 5.69. The first-order chi connectivity index (χ1) is 22.7. The minimum absolute atomic E-state index is 0.0126. The van der Waals surface area contributed by atoms with E-state index in [0.29, 0.717) is 45.5 Å². The van der Waals surface area contributed by atoms with Crippen molar-refractivity contribution >= 4 is 39.8 Å². The van der Waals surface area contributed by atoms with E-state index in [-0.39, 0.29) is 24.2 Å². The number of nitrogens with zero attached hydrogens (tertiary/aromatic N) is 4. The predicted octanol–water partition coefficient (Wildman–Crippen LogP) is 5.32. The van der Waals surface area contributed by atoms with Crippen molar-refractivity contribution in [2.24, 2.45) is 4.99 Å². The Morgan fingerprint density at radius 1 is 0.915 bits per heavy atom. The summed E-state index contributed by atoms with van der Waals surface area (Å²) in [5.41, 5.74) is 4.76. The molecule has 0 bridgehead atoms. The number of benzene rings is 4. The number of hydrogen-bond donors (Lipinski definition) is 3. The maximum absolute atomic E-state index is 14.1. The maximum Gasteiger partial charge on any atom is 0.251 e. The molecule has 1 aliphatic rings.